The number of hydrogen-bond acceptors (Lipinski definition) is 4. The Labute approximate surface area is 85.0 Å². The molecule has 2 N–H and O–H groups in total. The molecule has 0 spiro atoms. The van der Waals surface area contributed by atoms with Gasteiger partial charge in [-0.15, -0.1) is 11.3 Å². The molecular formula is C6H3FIN3S. The molecule has 3 nitrogen and oxygen atoms in total. The smallest absolute Gasteiger partial charge is 0.311 e. The van der Waals surface area contributed by atoms with Gasteiger partial charge in [0.15, 0.2) is 0 Å². The van der Waals surface area contributed by atoms with Crippen molar-refractivity contribution in [1.82, 2.24) is 9.97 Å². The van der Waals surface area contributed by atoms with Crippen LogP contribution < -0.4 is 5.73 Å². The van der Waals surface area contributed by atoms with Gasteiger partial charge in [0.25, 0.3) is 0 Å². The third-order valence-corrected chi connectivity index (χ3v) is 3.61. The number of halogens is 2. The number of nitrogens with two attached hydrogens (primary N) is 1. The van der Waals surface area contributed by atoms with Gasteiger partial charge < -0.3 is 5.73 Å². The number of nitrogens with zero attached hydrogens (tertiary/aromatic N) is 2. The lowest BCUT2D eigenvalue weighted by Crippen LogP contribution is -1.96. The predicted octanol–water partition coefficient (Wildman–Crippen LogP) is 2.02. The molecule has 0 radical (unpaired) electrons. The molecule has 0 fully saturated rings. The summed E-state index contributed by atoms with van der Waals surface area (Å²) in [4.78, 5) is 7.06. The second kappa shape index (κ2) is 2.77. The van der Waals surface area contributed by atoms with E-state index in [9.17, 15) is 4.39 Å². The average molecular weight is 295 g/mol. The predicted molar refractivity (Wildman–Crippen MR) is 54.5 cm³/mol. The van der Waals surface area contributed by atoms with Gasteiger partial charge >= 0.3 is 6.08 Å². The Morgan fingerprint density at radius 2 is 2.25 bits per heavy atom. The van der Waals surface area contributed by atoms with Crippen molar-refractivity contribution >= 4 is 50.0 Å². The van der Waals surface area contributed by atoms with E-state index in [4.69, 9.17) is 5.73 Å². The minimum atomic E-state index is -0.767. The zero-order chi connectivity index (χ0) is 8.72. The minimum absolute atomic E-state index is 0.213. The molecule has 0 atom stereocenters. The number of anilines is 1. The Bertz CT molecular complexity index is 442. The van der Waals surface area contributed by atoms with Gasteiger partial charge in [0.1, 0.15) is 11.3 Å². The first-order valence-electron chi connectivity index (χ1n) is 3.04. The van der Waals surface area contributed by atoms with Gasteiger partial charge in [0.05, 0.1) is 8.27 Å². The maximum absolute atomic E-state index is 12.7. The van der Waals surface area contributed by atoms with Crippen molar-refractivity contribution in [3.63, 3.8) is 0 Å². The highest BCUT2D eigenvalue weighted by molar-refractivity contribution is 14.1. The van der Waals surface area contributed by atoms with E-state index < -0.39 is 6.08 Å². The number of thiophene rings is 1. The lowest BCUT2D eigenvalue weighted by Gasteiger charge is -1.93. The van der Waals surface area contributed by atoms with Crippen LogP contribution in [0.5, 0.6) is 0 Å². The Morgan fingerprint density at radius 1 is 1.50 bits per heavy atom. The molecule has 0 aromatic carbocycles. The fourth-order valence-corrected chi connectivity index (χ4v) is 2.61. The zero-order valence-electron chi connectivity index (χ0n) is 5.71. The topological polar surface area (TPSA) is 51.8 Å². The highest BCUT2D eigenvalue weighted by Gasteiger charge is 2.08. The number of fused-ring (bicyclic) bond motifs is 1. The van der Waals surface area contributed by atoms with E-state index in [1.165, 1.54) is 11.3 Å². The lowest BCUT2D eigenvalue weighted by molar-refractivity contribution is 0.546. The SMILES string of the molecule is Nc1nc(F)nc2c(I)csc12. The van der Waals surface area contributed by atoms with E-state index in [1.54, 1.807) is 0 Å². The van der Waals surface area contributed by atoms with Crippen LogP contribution in [0.15, 0.2) is 5.38 Å². The minimum Gasteiger partial charge on any atom is -0.382 e. The van der Waals surface area contributed by atoms with Gasteiger partial charge in [0, 0.05) is 5.38 Å². The first-order chi connectivity index (χ1) is 5.68. The molecule has 0 aliphatic rings. The molecule has 0 aliphatic heterocycles. The van der Waals surface area contributed by atoms with Crippen LogP contribution in [-0.4, -0.2) is 9.97 Å². The average Bonchev–Trinajstić information content (AvgIpc) is 2.33. The van der Waals surface area contributed by atoms with E-state index >= 15 is 0 Å². The van der Waals surface area contributed by atoms with Crippen LogP contribution in [0.1, 0.15) is 0 Å². The van der Waals surface area contributed by atoms with Gasteiger partial charge in [-0.05, 0) is 22.6 Å². The van der Waals surface area contributed by atoms with Crippen molar-refractivity contribution in [3.8, 4) is 0 Å². The molecule has 0 unspecified atom stereocenters. The summed E-state index contributed by atoms with van der Waals surface area (Å²) in [6.45, 7) is 0. The maximum Gasteiger partial charge on any atom is 0.311 e. The van der Waals surface area contributed by atoms with Gasteiger partial charge in [-0.1, -0.05) is 0 Å². The third kappa shape index (κ3) is 1.14. The van der Waals surface area contributed by atoms with Crippen molar-refractivity contribution in [2.75, 3.05) is 5.73 Å². The second-order valence-corrected chi connectivity index (χ2v) is 4.18. The van der Waals surface area contributed by atoms with Crippen LogP contribution in [0.3, 0.4) is 0 Å². The van der Waals surface area contributed by atoms with Crippen molar-refractivity contribution in [3.05, 3.63) is 15.0 Å². The Balaban J connectivity index is 2.92. The molecular weight excluding hydrogens is 292 g/mol. The Kier molecular flexibility index (Phi) is 1.87. The number of aromatic nitrogens is 2. The number of rotatable bonds is 0. The van der Waals surface area contributed by atoms with E-state index in [1.807, 2.05) is 5.38 Å². The van der Waals surface area contributed by atoms with E-state index in [0.717, 1.165) is 8.27 Å². The zero-order valence-corrected chi connectivity index (χ0v) is 8.69. The maximum atomic E-state index is 12.7. The van der Waals surface area contributed by atoms with Crippen LogP contribution in [0, 0.1) is 9.65 Å². The van der Waals surface area contributed by atoms with Gasteiger partial charge in [-0.3, -0.25) is 0 Å². The fourth-order valence-electron chi connectivity index (χ4n) is 0.884. The van der Waals surface area contributed by atoms with Crippen LogP contribution >= 0.6 is 33.9 Å². The molecule has 0 bridgehead atoms. The van der Waals surface area contributed by atoms with Crippen LogP contribution in [0.25, 0.3) is 10.2 Å². The monoisotopic (exact) mass is 295 g/mol. The molecule has 12 heavy (non-hydrogen) atoms. The van der Waals surface area contributed by atoms with Crippen LogP contribution in [-0.2, 0) is 0 Å². The highest BCUT2D eigenvalue weighted by Crippen LogP contribution is 2.28. The van der Waals surface area contributed by atoms with Crippen molar-refractivity contribution in [2.45, 2.75) is 0 Å². The van der Waals surface area contributed by atoms with E-state index in [-0.39, 0.29) is 5.82 Å². The molecule has 2 aromatic heterocycles. The van der Waals surface area contributed by atoms with E-state index in [0.29, 0.717) is 5.52 Å². The van der Waals surface area contributed by atoms with Crippen LogP contribution in [0.4, 0.5) is 10.2 Å². The molecule has 2 aromatic rings. The summed E-state index contributed by atoms with van der Waals surface area (Å²) in [5.74, 6) is 0.213. The third-order valence-electron chi connectivity index (χ3n) is 1.37. The highest BCUT2D eigenvalue weighted by atomic mass is 127. The summed E-state index contributed by atoms with van der Waals surface area (Å²) in [6, 6.07) is 0. The normalized spacial score (nSPS) is 10.8. The van der Waals surface area contributed by atoms with Crippen molar-refractivity contribution in [2.24, 2.45) is 0 Å². The Hall–Kier alpha value is -0.500. The van der Waals surface area contributed by atoms with Crippen molar-refractivity contribution in [1.29, 1.82) is 0 Å². The molecule has 0 aliphatic carbocycles. The molecule has 6 heteroatoms. The van der Waals surface area contributed by atoms with Gasteiger partial charge in [-0.25, -0.2) is 4.98 Å². The summed E-state index contributed by atoms with van der Waals surface area (Å²) in [5.41, 5.74) is 6.09. The fraction of sp³-hybridized carbons (Fsp3) is 0. The summed E-state index contributed by atoms with van der Waals surface area (Å²) < 4.78 is 14.3. The lowest BCUT2D eigenvalue weighted by atomic mass is 10.4. The quantitative estimate of drug-likeness (QED) is 0.597. The second-order valence-electron chi connectivity index (χ2n) is 2.14. The number of nitrogen functional groups attached to an aromatic ring is 1. The molecule has 0 saturated carbocycles. The standard InChI is InChI=1S/C6H3FIN3S/c7-6-10-3-2(8)1-12-4(3)5(9)11-6/h1H,(H2,9,10,11). The molecule has 62 valence electrons. The summed E-state index contributed by atoms with van der Waals surface area (Å²) in [6.07, 6.45) is -0.767. The first kappa shape index (κ1) is 8.11. The largest absolute Gasteiger partial charge is 0.382 e. The summed E-state index contributed by atoms with van der Waals surface area (Å²) in [5, 5.41) is 1.87. The van der Waals surface area contributed by atoms with Gasteiger partial charge in [0.2, 0.25) is 0 Å². The summed E-state index contributed by atoms with van der Waals surface area (Å²) >= 11 is 3.51. The molecule has 2 heterocycles. The van der Waals surface area contributed by atoms with Gasteiger partial charge in [-0.2, -0.15) is 9.37 Å². The molecule has 0 amide bonds. The van der Waals surface area contributed by atoms with Crippen LogP contribution in [0.2, 0.25) is 0 Å². The first-order valence-corrected chi connectivity index (χ1v) is 5.00. The van der Waals surface area contributed by atoms with Crippen molar-refractivity contribution < 1.29 is 4.39 Å². The summed E-state index contributed by atoms with van der Waals surface area (Å²) in [7, 11) is 0. The van der Waals surface area contributed by atoms with E-state index in [2.05, 4.69) is 32.6 Å². The Morgan fingerprint density at radius 3 is 3.00 bits per heavy atom. The molecule has 2 rings (SSSR count). The number of hydrogen-bond donors (Lipinski definition) is 1. The molecule has 0 saturated heterocycles.